The lowest BCUT2D eigenvalue weighted by Gasteiger charge is -2.11. The largest absolute Gasteiger partial charge is 0.419 e. The second-order valence-corrected chi connectivity index (χ2v) is 4.26. The van der Waals surface area contributed by atoms with Crippen LogP contribution in [0.2, 0.25) is 0 Å². The molecular formula is C10H6BrF4N5. The molecule has 0 unspecified atom stereocenters. The van der Waals surface area contributed by atoms with E-state index in [4.69, 9.17) is 16.4 Å². The lowest BCUT2D eigenvalue weighted by Crippen LogP contribution is -2.22. The van der Waals surface area contributed by atoms with E-state index in [0.29, 0.717) is 12.1 Å². The topological polar surface area (TPSA) is 98.0 Å². The van der Waals surface area contributed by atoms with Gasteiger partial charge in [-0.3, -0.25) is 10.8 Å². The molecule has 4 N–H and O–H groups in total. The molecular weight excluding hydrogens is 346 g/mol. The molecule has 0 aliphatic carbocycles. The SMILES string of the molecule is N#C/C(=N\Nc1cc(C(F)(F)F)c(F)cc1Br)C(=N)N. The van der Waals surface area contributed by atoms with Crippen LogP contribution in [0.15, 0.2) is 21.7 Å². The van der Waals surface area contributed by atoms with E-state index in [9.17, 15) is 17.6 Å². The maximum Gasteiger partial charge on any atom is 0.419 e. The molecule has 0 saturated carbocycles. The van der Waals surface area contributed by atoms with Crippen molar-refractivity contribution in [3.63, 3.8) is 0 Å². The third kappa shape index (κ3) is 3.67. The molecule has 0 aliphatic heterocycles. The van der Waals surface area contributed by atoms with Gasteiger partial charge in [0.25, 0.3) is 0 Å². The minimum Gasteiger partial charge on any atom is -0.382 e. The number of halogens is 5. The molecule has 20 heavy (non-hydrogen) atoms. The van der Waals surface area contributed by atoms with Gasteiger partial charge in [-0.15, -0.1) is 0 Å². The number of hydrogen-bond donors (Lipinski definition) is 3. The quantitative estimate of drug-likeness (QED) is 0.338. The zero-order valence-electron chi connectivity index (χ0n) is 9.52. The zero-order valence-corrected chi connectivity index (χ0v) is 11.1. The van der Waals surface area contributed by atoms with Gasteiger partial charge in [0, 0.05) is 4.47 Å². The Bertz CT molecular complexity index is 617. The minimum absolute atomic E-state index is 0.0346. The summed E-state index contributed by atoms with van der Waals surface area (Å²) in [7, 11) is 0. The Morgan fingerprint density at radius 1 is 1.45 bits per heavy atom. The van der Waals surface area contributed by atoms with E-state index in [0.717, 1.165) is 0 Å². The van der Waals surface area contributed by atoms with E-state index in [2.05, 4.69) is 26.5 Å². The number of hydrazone groups is 1. The first kappa shape index (κ1) is 15.9. The number of nitrogens with one attached hydrogen (secondary N) is 2. The van der Waals surface area contributed by atoms with Crippen LogP contribution >= 0.6 is 15.9 Å². The average molecular weight is 352 g/mol. The second-order valence-electron chi connectivity index (χ2n) is 3.41. The van der Waals surface area contributed by atoms with Crippen LogP contribution < -0.4 is 11.2 Å². The lowest BCUT2D eigenvalue weighted by atomic mass is 10.2. The second kappa shape index (κ2) is 5.87. The normalized spacial score (nSPS) is 11.9. The van der Waals surface area contributed by atoms with E-state index in [1.54, 1.807) is 0 Å². The van der Waals surface area contributed by atoms with Crippen molar-refractivity contribution < 1.29 is 17.6 Å². The van der Waals surface area contributed by atoms with Crippen molar-refractivity contribution in [1.29, 1.82) is 10.7 Å². The van der Waals surface area contributed by atoms with Gasteiger partial charge in [-0.2, -0.15) is 23.5 Å². The van der Waals surface area contributed by atoms with Gasteiger partial charge in [-0.1, -0.05) is 0 Å². The summed E-state index contributed by atoms with van der Waals surface area (Å²) in [6.07, 6.45) is -4.87. The fourth-order valence-electron chi connectivity index (χ4n) is 1.11. The molecule has 1 aromatic carbocycles. The molecule has 5 nitrogen and oxygen atoms in total. The Hall–Kier alpha value is -2.15. The fourth-order valence-corrected chi connectivity index (χ4v) is 1.52. The number of amidine groups is 1. The van der Waals surface area contributed by atoms with Crippen molar-refractivity contribution in [2.45, 2.75) is 6.18 Å². The maximum absolute atomic E-state index is 13.2. The number of benzene rings is 1. The highest BCUT2D eigenvalue weighted by Gasteiger charge is 2.34. The third-order valence-corrected chi connectivity index (χ3v) is 2.67. The number of alkyl halides is 3. The molecule has 0 fully saturated rings. The van der Waals surface area contributed by atoms with E-state index in [1.165, 1.54) is 6.07 Å². The average Bonchev–Trinajstić information content (AvgIpc) is 2.30. The molecule has 0 saturated heterocycles. The Morgan fingerprint density at radius 2 is 2.05 bits per heavy atom. The molecule has 1 aromatic rings. The summed E-state index contributed by atoms with van der Waals surface area (Å²) >= 11 is 2.85. The fraction of sp³-hybridized carbons (Fsp3) is 0.100. The summed E-state index contributed by atoms with van der Waals surface area (Å²) in [4.78, 5) is 0. The summed E-state index contributed by atoms with van der Waals surface area (Å²) < 4.78 is 50.7. The predicted octanol–water partition coefficient (Wildman–Crippen LogP) is 2.83. The van der Waals surface area contributed by atoms with Crippen molar-refractivity contribution in [3.05, 3.63) is 28.0 Å². The first-order chi connectivity index (χ1) is 9.16. The number of nitrogens with zero attached hydrogens (tertiary/aromatic N) is 2. The van der Waals surface area contributed by atoms with E-state index in [1.807, 2.05) is 0 Å². The first-order valence-electron chi connectivity index (χ1n) is 4.81. The number of anilines is 1. The van der Waals surface area contributed by atoms with Crippen LogP contribution in [-0.4, -0.2) is 11.5 Å². The summed E-state index contributed by atoms with van der Waals surface area (Å²) in [6, 6.07) is 2.57. The number of nitriles is 1. The van der Waals surface area contributed by atoms with Crippen molar-refractivity contribution in [1.82, 2.24) is 0 Å². The maximum atomic E-state index is 13.2. The van der Waals surface area contributed by atoms with Gasteiger partial charge >= 0.3 is 6.18 Å². The lowest BCUT2D eigenvalue weighted by molar-refractivity contribution is -0.139. The molecule has 1 rings (SSSR count). The molecule has 0 radical (unpaired) electrons. The Balaban J connectivity index is 3.21. The number of rotatable bonds is 3. The highest BCUT2D eigenvalue weighted by atomic mass is 79.9. The van der Waals surface area contributed by atoms with Gasteiger partial charge in [0.05, 0.1) is 11.3 Å². The zero-order chi connectivity index (χ0) is 15.5. The molecule has 0 bridgehead atoms. The van der Waals surface area contributed by atoms with E-state index >= 15 is 0 Å². The van der Waals surface area contributed by atoms with Gasteiger partial charge in [0.15, 0.2) is 5.84 Å². The van der Waals surface area contributed by atoms with Crippen LogP contribution in [0.4, 0.5) is 23.2 Å². The van der Waals surface area contributed by atoms with Crippen molar-refractivity contribution in [2.24, 2.45) is 10.8 Å². The van der Waals surface area contributed by atoms with Gasteiger partial charge < -0.3 is 5.73 Å². The highest BCUT2D eigenvalue weighted by molar-refractivity contribution is 9.10. The molecule has 0 heterocycles. The number of hydrogen-bond acceptors (Lipinski definition) is 4. The first-order valence-corrected chi connectivity index (χ1v) is 5.60. The summed E-state index contributed by atoms with van der Waals surface area (Å²) in [6.45, 7) is 0. The standard InChI is InChI=1S/C10H6BrF4N5/c11-5-2-6(12)4(10(13,14)15)1-7(5)19-20-8(3-16)9(17)18/h1-2,19H,(H3,17,18)/b20-8+. The highest BCUT2D eigenvalue weighted by Crippen LogP contribution is 2.36. The minimum atomic E-state index is -4.87. The van der Waals surface area contributed by atoms with E-state index < -0.39 is 29.1 Å². The molecule has 0 spiro atoms. The van der Waals surface area contributed by atoms with Crippen LogP contribution in [0.1, 0.15) is 5.56 Å². The van der Waals surface area contributed by atoms with Crippen molar-refractivity contribution in [3.8, 4) is 6.07 Å². The summed E-state index contributed by atoms with van der Waals surface area (Å²) in [5.41, 5.74) is 4.89. The smallest absolute Gasteiger partial charge is 0.382 e. The van der Waals surface area contributed by atoms with Crippen molar-refractivity contribution >= 4 is 33.2 Å². The Kier molecular flexibility index (Phi) is 4.67. The Labute approximate surface area is 118 Å². The number of nitrogens with two attached hydrogens (primary N) is 1. The monoisotopic (exact) mass is 351 g/mol. The van der Waals surface area contributed by atoms with Crippen molar-refractivity contribution in [2.75, 3.05) is 5.43 Å². The van der Waals surface area contributed by atoms with Gasteiger partial charge in [0.2, 0.25) is 5.71 Å². The molecule has 0 amide bonds. The molecule has 0 atom stereocenters. The van der Waals surface area contributed by atoms with Gasteiger partial charge in [0.1, 0.15) is 11.9 Å². The van der Waals surface area contributed by atoms with Crippen LogP contribution in [0.3, 0.4) is 0 Å². The molecule has 0 aliphatic rings. The molecule has 106 valence electrons. The molecule has 10 heteroatoms. The summed E-state index contributed by atoms with van der Waals surface area (Å²) in [5, 5.41) is 18.9. The molecule has 0 aromatic heterocycles. The predicted molar refractivity (Wildman–Crippen MR) is 67.7 cm³/mol. The van der Waals surface area contributed by atoms with Gasteiger partial charge in [-0.05, 0) is 28.1 Å². The summed E-state index contributed by atoms with van der Waals surface area (Å²) in [5.74, 6) is -2.11. The third-order valence-electron chi connectivity index (χ3n) is 2.01. The van der Waals surface area contributed by atoms with Crippen LogP contribution in [0.25, 0.3) is 0 Å². The van der Waals surface area contributed by atoms with Crippen LogP contribution in [0, 0.1) is 22.6 Å². The van der Waals surface area contributed by atoms with Crippen LogP contribution in [0.5, 0.6) is 0 Å². The van der Waals surface area contributed by atoms with E-state index in [-0.39, 0.29) is 10.2 Å². The Morgan fingerprint density at radius 3 is 2.50 bits per heavy atom. The van der Waals surface area contributed by atoms with Crippen LogP contribution in [-0.2, 0) is 6.18 Å². The van der Waals surface area contributed by atoms with Gasteiger partial charge in [-0.25, -0.2) is 4.39 Å².